The second kappa shape index (κ2) is 4.93. The molecular formula is C11H17N3O3S. The van der Waals surface area contributed by atoms with E-state index >= 15 is 0 Å². The van der Waals surface area contributed by atoms with Gasteiger partial charge in [0.1, 0.15) is 5.82 Å². The van der Waals surface area contributed by atoms with E-state index in [1.54, 1.807) is 13.8 Å². The number of sulfone groups is 1. The molecule has 6 nitrogen and oxygen atoms in total. The molecule has 0 radical (unpaired) electrons. The highest BCUT2D eigenvalue weighted by Gasteiger charge is 2.30. The van der Waals surface area contributed by atoms with Crippen LogP contribution in [0.4, 0.5) is 5.82 Å². The van der Waals surface area contributed by atoms with Crippen LogP contribution in [-0.2, 0) is 9.84 Å². The van der Waals surface area contributed by atoms with Gasteiger partial charge in [0.25, 0.3) is 5.91 Å². The first-order valence-electron chi connectivity index (χ1n) is 5.33. The third-order valence-corrected chi connectivity index (χ3v) is 4.88. The first-order chi connectivity index (χ1) is 8.13. The summed E-state index contributed by atoms with van der Waals surface area (Å²) in [7, 11) is -3.24. The van der Waals surface area contributed by atoms with Crippen molar-refractivity contribution < 1.29 is 13.2 Å². The number of carbonyl (C=O) groups excluding carboxylic acids is 1. The maximum absolute atomic E-state index is 11.7. The summed E-state index contributed by atoms with van der Waals surface area (Å²) in [6.45, 7) is 3.16. The Morgan fingerprint density at radius 1 is 1.44 bits per heavy atom. The maximum Gasteiger partial charge on any atom is 0.252 e. The molecule has 0 unspecified atom stereocenters. The number of anilines is 1. The van der Waals surface area contributed by atoms with Crippen molar-refractivity contribution in [2.45, 2.75) is 18.6 Å². The van der Waals surface area contributed by atoms with Crippen LogP contribution in [0.15, 0.2) is 18.3 Å². The van der Waals surface area contributed by atoms with Crippen molar-refractivity contribution >= 4 is 21.6 Å². The number of hydrogen-bond acceptors (Lipinski definition) is 5. The predicted octanol–water partition coefficient (Wildman–Crippen LogP) is 0.217. The van der Waals surface area contributed by atoms with Crippen molar-refractivity contribution in [1.82, 2.24) is 10.3 Å². The van der Waals surface area contributed by atoms with Gasteiger partial charge in [0.05, 0.1) is 10.3 Å². The topological polar surface area (TPSA) is 102 Å². The summed E-state index contributed by atoms with van der Waals surface area (Å²) < 4.78 is 21.9. The molecule has 0 aliphatic heterocycles. The minimum absolute atomic E-state index is 0.0367. The number of nitrogens with zero attached hydrogens (tertiary/aromatic N) is 1. The summed E-state index contributed by atoms with van der Waals surface area (Å²) in [5.41, 5.74) is 5.75. The Kier molecular flexibility index (Phi) is 3.95. The van der Waals surface area contributed by atoms with Gasteiger partial charge >= 0.3 is 0 Å². The van der Waals surface area contributed by atoms with Gasteiger partial charge in [0.15, 0.2) is 9.84 Å². The van der Waals surface area contributed by atoms with Crippen molar-refractivity contribution in [2.75, 3.05) is 18.5 Å². The molecule has 1 aromatic heterocycles. The lowest BCUT2D eigenvalue weighted by Crippen LogP contribution is -2.43. The Morgan fingerprint density at radius 2 is 2.06 bits per heavy atom. The fourth-order valence-corrected chi connectivity index (χ4v) is 1.40. The molecule has 7 heteroatoms. The number of hydrogen-bond donors (Lipinski definition) is 2. The maximum atomic E-state index is 11.7. The van der Waals surface area contributed by atoms with Gasteiger partial charge in [-0.05, 0) is 26.0 Å². The molecule has 0 saturated heterocycles. The number of nitrogens with one attached hydrogen (secondary N) is 1. The minimum atomic E-state index is -3.24. The molecule has 0 aliphatic rings. The Hall–Kier alpha value is -1.63. The molecule has 3 N–H and O–H groups in total. The van der Waals surface area contributed by atoms with Gasteiger partial charge in [-0.25, -0.2) is 13.4 Å². The average Bonchev–Trinajstić information content (AvgIpc) is 2.25. The summed E-state index contributed by atoms with van der Waals surface area (Å²) >= 11 is 0. The van der Waals surface area contributed by atoms with Crippen molar-refractivity contribution in [1.29, 1.82) is 0 Å². The van der Waals surface area contributed by atoms with Crippen molar-refractivity contribution in [3.8, 4) is 0 Å². The van der Waals surface area contributed by atoms with E-state index in [-0.39, 0.29) is 12.5 Å². The van der Waals surface area contributed by atoms with Gasteiger partial charge in [-0.3, -0.25) is 4.79 Å². The first kappa shape index (κ1) is 14.4. The van der Waals surface area contributed by atoms with Crippen LogP contribution in [0, 0.1) is 0 Å². The van der Waals surface area contributed by atoms with E-state index in [2.05, 4.69) is 10.3 Å². The summed E-state index contributed by atoms with van der Waals surface area (Å²) in [4.78, 5) is 15.5. The number of aromatic nitrogens is 1. The Bertz CT molecular complexity index is 535. The number of nitrogen functional groups attached to an aromatic ring is 1. The molecule has 1 amide bonds. The standard InChI is InChI=1S/C11H17N3O3S/c1-11(2,18(3,16)17)7-14-10(15)8-4-5-9(12)13-6-8/h4-6H,7H2,1-3H3,(H2,12,13)(H,14,15). The molecule has 0 spiro atoms. The van der Waals surface area contributed by atoms with Gasteiger partial charge in [0.2, 0.25) is 0 Å². The largest absolute Gasteiger partial charge is 0.384 e. The molecule has 0 saturated carbocycles. The summed E-state index contributed by atoms with van der Waals surface area (Å²) in [6.07, 6.45) is 2.49. The molecule has 0 aromatic carbocycles. The zero-order valence-corrected chi connectivity index (χ0v) is 11.4. The number of amides is 1. The van der Waals surface area contributed by atoms with Crippen LogP contribution in [0.25, 0.3) is 0 Å². The third-order valence-electron chi connectivity index (χ3n) is 2.73. The van der Waals surface area contributed by atoms with Gasteiger partial charge in [-0.2, -0.15) is 0 Å². The minimum Gasteiger partial charge on any atom is -0.384 e. The average molecular weight is 271 g/mol. The fraction of sp³-hybridized carbons (Fsp3) is 0.455. The van der Waals surface area contributed by atoms with Gasteiger partial charge < -0.3 is 11.1 Å². The second-order valence-corrected chi connectivity index (χ2v) is 7.34. The van der Waals surface area contributed by atoms with Gasteiger partial charge in [0, 0.05) is 19.0 Å². The first-order valence-corrected chi connectivity index (χ1v) is 7.22. The van der Waals surface area contributed by atoms with Crippen LogP contribution in [0.1, 0.15) is 24.2 Å². The van der Waals surface area contributed by atoms with Crippen LogP contribution >= 0.6 is 0 Å². The quantitative estimate of drug-likeness (QED) is 0.815. The van der Waals surface area contributed by atoms with Crippen molar-refractivity contribution in [3.63, 3.8) is 0 Å². The predicted molar refractivity (Wildman–Crippen MR) is 69.9 cm³/mol. The van der Waals surface area contributed by atoms with E-state index in [1.807, 2.05) is 0 Å². The zero-order valence-electron chi connectivity index (χ0n) is 10.6. The van der Waals surface area contributed by atoms with Crippen LogP contribution < -0.4 is 11.1 Å². The summed E-state index contributed by atoms with van der Waals surface area (Å²) in [5, 5.41) is 2.57. The van der Waals surface area contributed by atoms with E-state index in [9.17, 15) is 13.2 Å². The number of carbonyl (C=O) groups is 1. The SMILES string of the molecule is CC(C)(CNC(=O)c1ccc(N)nc1)S(C)(=O)=O. The van der Waals surface area contributed by atoms with E-state index in [1.165, 1.54) is 18.3 Å². The Balaban J connectivity index is 2.70. The van der Waals surface area contributed by atoms with E-state index < -0.39 is 14.6 Å². The molecular weight excluding hydrogens is 254 g/mol. The van der Waals surface area contributed by atoms with E-state index in [4.69, 9.17) is 5.73 Å². The van der Waals surface area contributed by atoms with Crippen LogP contribution in [0.2, 0.25) is 0 Å². The van der Waals surface area contributed by atoms with Crippen LogP contribution in [0.3, 0.4) is 0 Å². The Morgan fingerprint density at radius 3 is 2.50 bits per heavy atom. The van der Waals surface area contributed by atoms with E-state index in [0.717, 1.165) is 6.26 Å². The Labute approximate surface area is 107 Å². The lowest BCUT2D eigenvalue weighted by Gasteiger charge is -2.22. The number of rotatable bonds is 4. The lowest BCUT2D eigenvalue weighted by molar-refractivity contribution is 0.0950. The molecule has 18 heavy (non-hydrogen) atoms. The molecule has 0 fully saturated rings. The smallest absolute Gasteiger partial charge is 0.252 e. The summed E-state index contributed by atoms with van der Waals surface area (Å²) in [5.74, 6) is -0.0535. The third kappa shape index (κ3) is 3.43. The normalized spacial score (nSPS) is 12.2. The van der Waals surface area contributed by atoms with Crippen LogP contribution in [-0.4, -0.2) is 36.9 Å². The second-order valence-electron chi connectivity index (χ2n) is 4.69. The molecule has 0 aliphatic carbocycles. The highest BCUT2D eigenvalue weighted by Crippen LogP contribution is 2.13. The molecule has 1 rings (SSSR count). The number of nitrogens with two attached hydrogens (primary N) is 1. The fourth-order valence-electron chi connectivity index (χ4n) is 1.07. The van der Waals surface area contributed by atoms with Gasteiger partial charge in [-0.15, -0.1) is 0 Å². The van der Waals surface area contributed by atoms with E-state index in [0.29, 0.717) is 11.4 Å². The summed E-state index contributed by atoms with van der Waals surface area (Å²) in [6, 6.07) is 3.04. The lowest BCUT2D eigenvalue weighted by atomic mass is 10.2. The molecule has 0 atom stereocenters. The molecule has 1 heterocycles. The highest BCUT2D eigenvalue weighted by atomic mass is 32.2. The molecule has 100 valence electrons. The molecule has 0 bridgehead atoms. The van der Waals surface area contributed by atoms with Gasteiger partial charge in [-0.1, -0.05) is 0 Å². The van der Waals surface area contributed by atoms with Crippen molar-refractivity contribution in [2.24, 2.45) is 0 Å². The number of pyridine rings is 1. The monoisotopic (exact) mass is 271 g/mol. The zero-order chi connectivity index (χ0) is 14.0. The molecule has 1 aromatic rings. The highest BCUT2D eigenvalue weighted by molar-refractivity contribution is 7.92. The van der Waals surface area contributed by atoms with Crippen LogP contribution in [0.5, 0.6) is 0 Å². The van der Waals surface area contributed by atoms with Crippen molar-refractivity contribution in [3.05, 3.63) is 23.9 Å².